The molecule has 2 N–H and O–H groups in total. The molecular formula is C10H13N. The Morgan fingerprint density at radius 2 is 2.18 bits per heavy atom. The summed E-state index contributed by atoms with van der Waals surface area (Å²) in [6.45, 7) is 2.12. The normalized spacial score (nSPS) is 28.5. The molecule has 0 aliphatic heterocycles. The quantitative estimate of drug-likeness (QED) is 0.644. The van der Waals surface area contributed by atoms with E-state index in [-0.39, 0.29) is 0 Å². The highest BCUT2D eigenvalue weighted by Crippen LogP contribution is 2.38. The zero-order valence-corrected chi connectivity index (χ0v) is 6.75. The average molecular weight is 147 g/mol. The highest BCUT2D eigenvalue weighted by molar-refractivity contribution is 5.30. The molecule has 2 rings (SSSR count). The van der Waals surface area contributed by atoms with Gasteiger partial charge in [0.05, 0.1) is 0 Å². The Hall–Kier alpha value is -0.820. The number of hydrogen-bond donors (Lipinski definition) is 1. The first-order valence-electron chi connectivity index (χ1n) is 4.09. The lowest BCUT2D eigenvalue weighted by Gasteiger charge is -1.98. The molecule has 1 aliphatic carbocycles. The topological polar surface area (TPSA) is 26.0 Å². The lowest BCUT2D eigenvalue weighted by atomic mass is 10.1. The van der Waals surface area contributed by atoms with E-state index in [9.17, 15) is 0 Å². The van der Waals surface area contributed by atoms with Gasteiger partial charge in [0, 0.05) is 12.0 Å². The third-order valence-electron chi connectivity index (χ3n) is 2.31. The molecule has 1 aromatic rings. The Bertz CT molecular complexity index is 267. The molecule has 11 heavy (non-hydrogen) atoms. The molecule has 1 fully saturated rings. The van der Waals surface area contributed by atoms with Gasteiger partial charge in [-0.15, -0.1) is 0 Å². The van der Waals surface area contributed by atoms with Crippen molar-refractivity contribution in [3.63, 3.8) is 0 Å². The first-order valence-corrected chi connectivity index (χ1v) is 4.09. The molecule has 2 atom stereocenters. The Kier molecular flexibility index (Phi) is 1.46. The van der Waals surface area contributed by atoms with Crippen LogP contribution in [0.2, 0.25) is 0 Å². The summed E-state index contributed by atoms with van der Waals surface area (Å²) >= 11 is 0. The monoisotopic (exact) mass is 147 g/mol. The second kappa shape index (κ2) is 2.35. The average Bonchev–Trinajstić information content (AvgIpc) is 2.67. The maximum Gasteiger partial charge on any atom is 0.0115 e. The van der Waals surface area contributed by atoms with E-state index < -0.39 is 0 Å². The van der Waals surface area contributed by atoms with Gasteiger partial charge in [-0.1, -0.05) is 29.8 Å². The fourth-order valence-electron chi connectivity index (χ4n) is 1.50. The van der Waals surface area contributed by atoms with Crippen molar-refractivity contribution in [1.82, 2.24) is 0 Å². The summed E-state index contributed by atoms with van der Waals surface area (Å²) < 4.78 is 0. The molecule has 58 valence electrons. The van der Waals surface area contributed by atoms with Crippen molar-refractivity contribution in [2.75, 3.05) is 0 Å². The first kappa shape index (κ1) is 6.86. The van der Waals surface area contributed by atoms with Gasteiger partial charge in [-0.3, -0.25) is 0 Å². The molecule has 0 amide bonds. The summed E-state index contributed by atoms with van der Waals surface area (Å²) in [6.07, 6.45) is 1.17. The number of benzene rings is 1. The van der Waals surface area contributed by atoms with Crippen molar-refractivity contribution in [2.24, 2.45) is 5.73 Å². The molecule has 1 saturated carbocycles. The maximum atomic E-state index is 5.75. The fourth-order valence-corrected chi connectivity index (χ4v) is 1.50. The zero-order chi connectivity index (χ0) is 7.84. The second-order valence-electron chi connectivity index (χ2n) is 3.42. The van der Waals surface area contributed by atoms with Crippen LogP contribution < -0.4 is 5.73 Å². The molecule has 0 unspecified atom stereocenters. The van der Waals surface area contributed by atoms with E-state index in [2.05, 4.69) is 31.2 Å². The van der Waals surface area contributed by atoms with Crippen molar-refractivity contribution in [1.29, 1.82) is 0 Å². The third kappa shape index (κ3) is 1.29. The third-order valence-corrected chi connectivity index (χ3v) is 2.31. The molecule has 0 heterocycles. The van der Waals surface area contributed by atoms with Crippen LogP contribution in [0, 0.1) is 6.92 Å². The van der Waals surface area contributed by atoms with Crippen LogP contribution >= 0.6 is 0 Å². The predicted molar refractivity (Wildman–Crippen MR) is 46.5 cm³/mol. The number of hydrogen-bond acceptors (Lipinski definition) is 1. The lowest BCUT2D eigenvalue weighted by molar-refractivity contribution is 0.988. The van der Waals surface area contributed by atoms with E-state index in [0.29, 0.717) is 12.0 Å². The van der Waals surface area contributed by atoms with Crippen LogP contribution in [0.4, 0.5) is 0 Å². The number of aryl methyl sites for hydroxylation is 1. The SMILES string of the molecule is Cc1cccc([C@@H]2C[C@H]2N)c1. The molecule has 0 bridgehead atoms. The highest BCUT2D eigenvalue weighted by Gasteiger charge is 2.34. The summed E-state index contributed by atoms with van der Waals surface area (Å²) in [7, 11) is 0. The van der Waals surface area contributed by atoms with Gasteiger partial charge >= 0.3 is 0 Å². The second-order valence-corrected chi connectivity index (χ2v) is 3.42. The van der Waals surface area contributed by atoms with E-state index >= 15 is 0 Å². The van der Waals surface area contributed by atoms with Crippen LogP contribution in [-0.2, 0) is 0 Å². The van der Waals surface area contributed by atoms with Crippen LogP contribution in [0.25, 0.3) is 0 Å². The van der Waals surface area contributed by atoms with Gasteiger partial charge in [-0.2, -0.15) is 0 Å². The Morgan fingerprint density at radius 3 is 2.73 bits per heavy atom. The van der Waals surface area contributed by atoms with Gasteiger partial charge in [0.2, 0.25) is 0 Å². The smallest absolute Gasteiger partial charge is 0.0115 e. The standard InChI is InChI=1S/C10H13N/c1-7-3-2-4-8(5-7)9-6-10(9)11/h2-5,9-10H,6,11H2,1H3/t9-,10+/m0/s1. The predicted octanol–water partition coefficient (Wildman–Crippen LogP) is 1.81. The number of nitrogens with two attached hydrogens (primary N) is 1. The molecule has 0 spiro atoms. The maximum absolute atomic E-state index is 5.75. The van der Waals surface area contributed by atoms with E-state index in [4.69, 9.17) is 5.73 Å². The molecule has 1 aliphatic rings. The van der Waals surface area contributed by atoms with E-state index in [1.165, 1.54) is 17.5 Å². The molecule has 1 nitrogen and oxygen atoms in total. The van der Waals surface area contributed by atoms with Crippen molar-refractivity contribution in [2.45, 2.75) is 25.3 Å². The molecule has 0 radical (unpaired) electrons. The summed E-state index contributed by atoms with van der Waals surface area (Å²) in [4.78, 5) is 0. The van der Waals surface area contributed by atoms with E-state index in [1.54, 1.807) is 0 Å². The van der Waals surface area contributed by atoms with Crippen molar-refractivity contribution >= 4 is 0 Å². The van der Waals surface area contributed by atoms with Crippen LogP contribution in [0.1, 0.15) is 23.5 Å². The summed E-state index contributed by atoms with van der Waals surface area (Å²) in [5.41, 5.74) is 8.50. The van der Waals surface area contributed by atoms with Gasteiger partial charge in [0.15, 0.2) is 0 Å². The number of rotatable bonds is 1. The molecule has 1 aromatic carbocycles. The Labute approximate surface area is 67.2 Å². The Balaban J connectivity index is 2.25. The van der Waals surface area contributed by atoms with Crippen LogP contribution in [0.15, 0.2) is 24.3 Å². The van der Waals surface area contributed by atoms with Gasteiger partial charge in [0.25, 0.3) is 0 Å². The fraction of sp³-hybridized carbons (Fsp3) is 0.400. The molecule has 0 aromatic heterocycles. The van der Waals surface area contributed by atoms with Gasteiger partial charge in [0.1, 0.15) is 0 Å². The molecule has 0 saturated heterocycles. The summed E-state index contributed by atoms with van der Waals surface area (Å²) in [5.74, 6) is 0.648. The van der Waals surface area contributed by atoms with Crippen molar-refractivity contribution in [3.8, 4) is 0 Å². The van der Waals surface area contributed by atoms with Crippen molar-refractivity contribution in [3.05, 3.63) is 35.4 Å². The summed E-state index contributed by atoms with van der Waals surface area (Å²) in [6, 6.07) is 9.06. The summed E-state index contributed by atoms with van der Waals surface area (Å²) in [5, 5.41) is 0. The Morgan fingerprint density at radius 1 is 1.45 bits per heavy atom. The van der Waals surface area contributed by atoms with Crippen LogP contribution in [0.5, 0.6) is 0 Å². The molecular weight excluding hydrogens is 134 g/mol. The van der Waals surface area contributed by atoms with Gasteiger partial charge in [-0.25, -0.2) is 0 Å². The van der Waals surface area contributed by atoms with E-state index in [0.717, 1.165) is 0 Å². The van der Waals surface area contributed by atoms with Gasteiger partial charge < -0.3 is 5.73 Å². The minimum Gasteiger partial charge on any atom is -0.327 e. The minimum atomic E-state index is 0.428. The molecule has 1 heteroatoms. The lowest BCUT2D eigenvalue weighted by Crippen LogP contribution is -2.00. The van der Waals surface area contributed by atoms with E-state index in [1.807, 2.05) is 0 Å². The first-order chi connectivity index (χ1) is 5.27. The largest absolute Gasteiger partial charge is 0.327 e. The van der Waals surface area contributed by atoms with Crippen LogP contribution in [0.3, 0.4) is 0 Å². The van der Waals surface area contributed by atoms with Crippen molar-refractivity contribution < 1.29 is 0 Å². The zero-order valence-electron chi connectivity index (χ0n) is 6.75. The minimum absolute atomic E-state index is 0.428. The highest BCUT2D eigenvalue weighted by atomic mass is 14.7. The van der Waals surface area contributed by atoms with Gasteiger partial charge in [-0.05, 0) is 18.9 Å². The van der Waals surface area contributed by atoms with Crippen LogP contribution in [-0.4, -0.2) is 6.04 Å².